The molecule has 0 bridgehead atoms. The summed E-state index contributed by atoms with van der Waals surface area (Å²) in [7, 11) is 0. The van der Waals surface area contributed by atoms with Crippen LogP contribution in [0, 0.1) is 18.6 Å². The van der Waals surface area contributed by atoms with E-state index >= 15 is 0 Å². The van der Waals surface area contributed by atoms with Crippen LogP contribution in [0.25, 0.3) is 0 Å². The summed E-state index contributed by atoms with van der Waals surface area (Å²) in [4.78, 5) is 3.89. The molecule has 90 valence electrons. The van der Waals surface area contributed by atoms with Gasteiger partial charge in [0.05, 0.1) is 6.20 Å². The smallest absolute Gasteiger partial charge is 0.232 e. The number of benzene rings is 1. The fraction of sp³-hybridized carbons (Fsp3) is 0.182. The summed E-state index contributed by atoms with van der Waals surface area (Å²) in [5.74, 6) is -1.26. The molecule has 0 saturated carbocycles. The predicted molar refractivity (Wildman–Crippen MR) is 59.6 cm³/mol. The minimum atomic E-state index is -1.03. The highest BCUT2D eigenvalue weighted by molar-refractivity contribution is 9.10. The molecular weight excluding hydrogens is 296 g/mol. The number of halogens is 3. The SMILES string of the molecule is Cc1cnc(COc2cc(Br)cc(F)c2F)o1. The van der Waals surface area contributed by atoms with Gasteiger partial charge in [0.1, 0.15) is 5.76 Å². The molecule has 1 heterocycles. The molecule has 2 aromatic rings. The maximum atomic E-state index is 13.3. The molecule has 17 heavy (non-hydrogen) atoms. The molecule has 0 aliphatic rings. The van der Waals surface area contributed by atoms with Crippen LogP contribution in [0.1, 0.15) is 11.7 Å². The Morgan fingerprint density at radius 1 is 1.41 bits per heavy atom. The van der Waals surface area contributed by atoms with Crippen LogP contribution in [0.15, 0.2) is 27.2 Å². The van der Waals surface area contributed by atoms with Gasteiger partial charge in [0.15, 0.2) is 18.2 Å². The van der Waals surface area contributed by atoms with E-state index in [2.05, 4.69) is 20.9 Å². The van der Waals surface area contributed by atoms with Gasteiger partial charge in [-0.1, -0.05) is 15.9 Å². The quantitative estimate of drug-likeness (QED) is 0.813. The molecule has 1 aromatic carbocycles. The van der Waals surface area contributed by atoms with Crippen molar-refractivity contribution in [2.24, 2.45) is 0 Å². The molecule has 6 heteroatoms. The Kier molecular flexibility index (Phi) is 3.42. The molecule has 0 amide bonds. The lowest BCUT2D eigenvalue weighted by molar-refractivity contribution is 0.246. The minimum Gasteiger partial charge on any atom is -0.481 e. The number of aromatic nitrogens is 1. The van der Waals surface area contributed by atoms with Gasteiger partial charge in [0, 0.05) is 4.47 Å². The van der Waals surface area contributed by atoms with Crippen molar-refractivity contribution in [3.05, 3.63) is 46.1 Å². The Bertz CT molecular complexity index is 542. The number of hydrogen-bond acceptors (Lipinski definition) is 3. The third kappa shape index (κ3) is 2.82. The lowest BCUT2D eigenvalue weighted by Crippen LogP contribution is -1.99. The number of oxazole rings is 1. The summed E-state index contributed by atoms with van der Waals surface area (Å²) in [6.45, 7) is 1.68. The standard InChI is InChI=1S/C11H8BrF2NO2/c1-6-4-15-10(17-6)5-16-9-3-7(12)2-8(13)11(9)14/h2-4H,5H2,1H3. The van der Waals surface area contributed by atoms with E-state index in [9.17, 15) is 8.78 Å². The molecule has 0 spiro atoms. The number of rotatable bonds is 3. The molecule has 0 fully saturated rings. The fourth-order valence-electron chi connectivity index (χ4n) is 1.25. The number of hydrogen-bond donors (Lipinski definition) is 0. The van der Waals surface area contributed by atoms with Crippen LogP contribution < -0.4 is 4.74 Å². The zero-order valence-corrected chi connectivity index (χ0v) is 10.4. The molecule has 3 nitrogen and oxygen atoms in total. The van der Waals surface area contributed by atoms with Gasteiger partial charge in [-0.05, 0) is 19.1 Å². The number of aryl methyl sites for hydroxylation is 1. The van der Waals surface area contributed by atoms with Gasteiger partial charge in [-0.15, -0.1) is 0 Å². The summed E-state index contributed by atoms with van der Waals surface area (Å²) >= 11 is 3.05. The van der Waals surface area contributed by atoms with E-state index in [1.165, 1.54) is 12.3 Å². The summed E-state index contributed by atoms with van der Waals surface area (Å²) in [5, 5.41) is 0. The Morgan fingerprint density at radius 2 is 2.18 bits per heavy atom. The second kappa shape index (κ2) is 4.83. The molecule has 0 N–H and O–H groups in total. The summed E-state index contributed by atoms with van der Waals surface area (Å²) in [5.41, 5.74) is 0. The van der Waals surface area contributed by atoms with Crippen LogP contribution in [-0.4, -0.2) is 4.98 Å². The molecule has 0 radical (unpaired) electrons. The van der Waals surface area contributed by atoms with E-state index in [0.29, 0.717) is 16.1 Å². The van der Waals surface area contributed by atoms with Crippen LogP contribution in [0.4, 0.5) is 8.78 Å². The highest BCUT2D eigenvalue weighted by atomic mass is 79.9. The van der Waals surface area contributed by atoms with Crippen molar-refractivity contribution in [3.63, 3.8) is 0 Å². The van der Waals surface area contributed by atoms with E-state index in [1.807, 2.05) is 0 Å². The van der Waals surface area contributed by atoms with Crippen molar-refractivity contribution in [2.75, 3.05) is 0 Å². The summed E-state index contributed by atoms with van der Waals surface area (Å²) in [6.07, 6.45) is 1.52. The van der Waals surface area contributed by atoms with Gasteiger partial charge >= 0.3 is 0 Å². The predicted octanol–water partition coefficient (Wildman–Crippen LogP) is 3.60. The molecule has 1 aromatic heterocycles. The largest absolute Gasteiger partial charge is 0.481 e. The van der Waals surface area contributed by atoms with Crippen LogP contribution in [0.2, 0.25) is 0 Å². The van der Waals surface area contributed by atoms with E-state index < -0.39 is 11.6 Å². The van der Waals surface area contributed by atoms with Gasteiger partial charge in [-0.25, -0.2) is 9.37 Å². The highest BCUT2D eigenvalue weighted by Crippen LogP contribution is 2.25. The Balaban J connectivity index is 2.14. The molecule has 0 saturated heterocycles. The van der Waals surface area contributed by atoms with Crippen molar-refractivity contribution < 1.29 is 17.9 Å². The second-order valence-electron chi connectivity index (χ2n) is 3.35. The minimum absolute atomic E-state index is 0.0549. The average molecular weight is 304 g/mol. The van der Waals surface area contributed by atoms with Gasteiger partial charge in [0.2, 0.25) is 11.7 Å². The molecule has 0 atom stereocenters. The third-order valence-electron chi connectivity index (χ3n) is 1.98. The van der Waals surface area contributed by atoms with Crippen LogP contribution in [0.3, 0.4) is 0 Å². The van der Waals surface area contributed by atoms with E-state index in [1.54, 1.807) is 6.92 Å². The molecule has 0 aliphatic heterocycles. The lowest BCUT2D eigenvalue weighted by atomic mass is 10.3. The fourth-order valence-corrected chi connectivity index (χ4v) is 1.65. The van der Waals surface area contributed by atoms with Crippen molar-refractivity contribution in [2.45, 2.75) is 13.5 Å². The zero-order chi connectivity index (χ0) is 12.4. The van der Waals surface area contributed by atoms with Crippen LogP contribution in [-0.2, 0) is 6.61 Å². The topological polar surface area (TPSA) is 35.3 Å². The zero-order valence-electron chi connectivity index (χ0n) is 8.84. The average Bonchev–Trinajstić information content (AvgIpc) is 2.67. The summed E-state index contributed by atoms with van der Waals surface area (Å²) < 4.78 is 37.0. The Labute approximate surface area is 105 Å². The second-order valence-corrected chi connectivity index (χ2v) is 4.27. The van der Waals surface area contributed by atoms with E-state index in [4.69, 9.17) is 9.15 Å². The first-order chi connectivity index (χ1) is 8.06. The van der Waals surface area contributed by atoms with Gasteiger partial charge in [-0.3, -0.25) is 0 Å². The van der Waals surface area contributed by atoms with Crippen molar-refractivity contribution >= 4 is 15.9 Å². The van der Waals surface area contributed by atoms with Crippen LogP contribution in [0.5, 0.6) is 5.75 Å². The van der Waals surface area contributed by atoms with Crippen molar-refractivity contribution in [1.29, 1.82) is 0 Å². The molecule has 0 unspecified atom stereocenters. The lowest BCUT2D eigenvalue weighted by Gasteiger charge is -2.06. The summed E-state index contributed by atoms with van der Waals surface area (Å²) in [6, 6.07) is 2.37. The Morgan fingerprint density at radius 3 is 2.82 bits per heavy atom. The molecular formula is C11H8BrF2NO2. The number of nitrogens with zero attached hydrogens (tertiary/aromatic N) is 1. The van der Waals surface area contributed by atoms with Crippen molar-refractivity contribution in [3.8, 4) is 5.75 Å². The highest BCUT2D eigenvalue weighted by Gasteiger charge is 2.12. The van der Waals surface area contributed by atoms with Crippen molar-refractivity contribution in [1.82, 2.24) is 4.98 Å². The first-order valence-corrected chi connectivity index (χ1v) is 5.54. The molecule has 0 aliphatic carbocycles. The van der Waals surface area contributed by atoms with Gasteiger partial charge in [0.25, 0.3) is 0 Å². The van der Waals surface area contributed by atoms with Gasteiger partial charge < -0.3 is 9.15 Å². The van der Waals surface area contributed by atoms with E-state index in [0.717, 1.165) is 6.07 Å². The maximum Gasteiger partial charge on any atom is 0.232 e. The third-order valence-corrected chi connectivity index (χ3v) is 2.44. The van der Waals surface area contributed by atoms with Crippen LogP contribution >= 0.6 is 15.9 Å². The van der Waals surface area contributed by atoms with Gasteiger partial charge in [-0.2, -0.15) is 4.39 Å². The molecule has 2 rings (SSSR count). The van der Waals surface area contributed by atoms with E-state index in [-0.39, 0.29) is 12.4 Å². The Hall–Kier alpha value is -1.43. The normalized spacial score (nSPS) is 10.6. The monoisotopic (exact) mass is 303 g/mol. The first-order valence-electron chi connectivity index (χ1n) is 4.75. The maximum absolute atomic E-state index is 13.3. The first kappa shape index (κ1) is 12.0. The number of ether oxygens (including phenoxy) is 1.